The number of nitrogens with zero attached hydrogens (tertiary/aromatic N) is 1. The van der Waals surface area contributed by atoms with Crippen LogP contribution in [0.2, 0.25) is 0 Å². The van der Waals surface area contributed by atoms with Crippen LogP contribution in [0.4, 0.5) is 5.69 Å². The molecule has 2 rings (SSSR count). The van der Waals surface area contributed by atoms with Crippen molar-refractivity contribution in [2.24, 2.45) is 5.92 Å². The van der Waals surface area contributed by atoms with Gasteiger partial charge in [0.15, 0.2) is 0 Å². The van der Waals surface area contributed by atoms with Gasteiger partial charge in [0.2, 0.25) is 5.91 Å². The molecule has 1 aromatic carbocycles. The summed E-state index contributed by atoms with van der Waals surface area (Å²) in [6.07, 6.45) is 1.11. The molecule has 0 bridgehead atoms. The summed E-state index contributed by atoms with van der Waals surface area (Å²) in [6, 6.07) is 8.49. The molecule has 0 saturated heterocycles. The van der Waals surface area contributed by atoms with Crippen molar-refractivity contribution < 1.29 is 4.79 Å². The molecule has 1 aliphatic rings. The van der Waals surface area contributed by atoms with E-state index in [1.807, 2.05) is 37.9 Å². The van der Waals surface area contributed by atoms with Gasteiger partial charge in [0, 0.05) is 18.3 Å². The van der Waals surface area contributed by atoms with Crippen molar-refractivity contribution in [3.8, 4) is 0 Å². The summed E-state index contributed by atoms with van der Waals surface area (Å²) in [5.74, 6) is 0.755. The predicted octanol–water partition coefficient (Wildman–Crippen LogP) is 2.94. The minimum atomic E-state index is -0.412. The highest BCUT2D eigenvalue weighted by atomic mass is 16.2. The van der Waals surface area contributed by atoms with E-state index in [1.165, 1.54) is 0 Å². The number of carbonyl (C=O) groups is 1. The van der Waals surface area contributed by atoms with Crippen molar-refractivity contribution in [2.45, 2.75) is 45.6 Å². The van der Waals surface area contributed by atoms with Gasteiger partial charge in [-0.05, 0) is 38.4 Å². The third-order valence-corrected chi connectivity index (χ3v) is 4.73. The second-order valence-electron chi connectivity index (χ2n) is 6.34. The maximum absolute atomic E-state index is 12.7. The van der Waals surface area contributed by atoms with Crippen LogP contribution in [0.3, 0.4) is 0 Å². The average molecular weight is 274 g/mol. The van der Waals surface area contributed by atoms with Crippen LogP contribution in [0, 0.1) is 5.92 Å². The van der Waals surface area contributed by atoms with Gasteiger partial charge in [-0.2, -0.15) is 0 Å². The number of benzene rings is 1. The number of anilines is 1. The Morgan fingerprint density at radius 3 is 2.55 bits per heavy atom. The smallest absolute Gasteiger partial charge is 0.237 e. The van der Waals surface area contributed by atoms with Crippen molar-refractivity contribution in [3.05, 3.63) is 29.8 Å². The van der Waals surface area contributed by atoms with Crippen LogP contribution in [0.25, 0.3) is 0 Å². The van der Waals surface area contributed by atoms with Crippen molar-refractivity contribution in [1.82, 2.24) is 5.32 Å². The standard InChI is InChI=1S/C17H26N2O/c1-6-12(2)14(18-5)11-19-15-10-8-7-9-13(15)17(3,4)16(19)20/h7-10,12,14,18H,6,11H2,1-5H3. The molecule has 1 N–H and O–H groups in total. The molecule has 0 aromatic heterocycles. The number of nitrogens with one attached hydrogen (secondary N) is 1. The van der Waals surface area contributed by atoms with E-state index in [1.54, 1.807) is 0 Å². The Labute approximate surface area is 122 Å². The highest BCUT2D eigenvalue weighted by Gasteiger charge is 2.44. The Morgan fingerprint density at radius 2 is 1.95 bits per heavy atom. The molecule has 1 aromatic rings. The van der Waals surface area contributed by atoms with E-state index in [-0.39, 0.29) is 5.91 Å². The molecule has 1 amide bonds. The number of fused-ring (bicyclic) bond motifs is 1. The molecule has 20 heavy (non-hydrogen) atoms. The fourth-order valence-corrected chi connectivity index (χ4v) is 3.02. The minimum Gasteiger partial charge on any atom is -0.315 e. The van der Waals surface area contributed by atoms with Gasteiger partial charge in [-0.25, -0.2) is 0 Å². The Bertz CT molecular complexity index is 496. The third-order valence-electron chi connectivity index (χ3n) is 4.73. The Balaban J connectivity index is 2.31. The number of likely N-dealkylation sites (N-methyl/N-ethyl adjacent to an activating group) is 1. The summed E-state index contributed by atoms with van der Waals surface area (Å²) >= 11 is 0. The SMILES string of the molecule is CCC(C)C(CN1C(=O)C(C)(C)c2ccccc21)NC. The lowest BCUT2D eigenvalue weighted by Crippen LogP contribution is -2.46. The summed E-state index contributed by atoms with van der Waals surface area (Å²) in [6.45, 7) is 9.21. The lowest BCUT2D eigenvalue weighted by molar-refractivity contribution is -0.122. The van der Waals surface area contributed by atoms with Gasteiger partial charge >= 0.3 is 0 Å². The van der Waals surface area contributed by atoms with E-state index >= 15 is 0 Å². The summed E-state index contributed by atoms with van der Waals surface area (Å²) in [7, 11) is 1.98. The lowest BCUT2D eigenvalue weighted by atomic mass is 9.86. The monoisotopic (exact) mass is 274 g/mol. The molecule has 3 heteroatoms. The highest BCUT2D eigenvalue weighted by Crippen LogP contribution is 2.41. The van der Waals surface area contributed by atoms with E-state index in [2.05, 4.69) is 31.3 Å². The quantitative estimate of drug-likeness (QED) is 0.895. The third kappa shape index (κ3) is 2.35. The van der Waals surface area contributed by atoms with Gasteiger partial charge in [0.05, 0.1) is 5.41 Å². The van der Waals surface area contributed by atoms with Gasteiger partial charge in [-0.1, -0.05) is 38.5 Å². The molecule has 2 unspecified atom stereocenters. The molecule has 0 spiro atoms. The molecule has 2 atom stereocenters. The van der Waals surface area contributed by atoms with E-state index in [0.29, 0.717) is 12.0 Å². The minimum absolute atomic E-state index is 0.210. The number of para-hydroxylation sites is 1. The first-order chi connectivity index (χ1) is 9.43. The topological polar surface area (TPSA) is 32.3 Å². The van der Waals surface area contributed by atoms with Gasteiger partial charge < -0.3 is 10.2 Å². The van der Waals surface area contributed by atoms with Crippen LogP contribution in [-0.4, -0.2) is 25.5 Å². The summed E-state index contributed by atoms with van der Waals surface area (Å²) in [5.41, 5.74) is 1.81. The van der Waals surface area contributed by atoms with Crippen molar-refractivity contribution in [2.75, 3.05) is 18.5 Å². The zero-order chi connectivity index (χ0) is 14.9. The van der Waals surface area contributed by atoms with Gasteiger partial charge in [-0.3, -0.25) is 4.79 Å². The van der Waals surface area contributed by atoms with E-state index in [0.717, 1.165) is 24.2 Å². The molecule has 0 fully saturated rings. The number of rotatable bonds is 5. The molecule has 0 saturated carbocycles. The number of hydrogen-bond donors (Lipinski definition) is 1. The normalized spacial score (nSPS) is 19.9. The van der Waals surface area contributed by atoms with E-state index in [9.17, 15) is 4.79 Å². The Hall–Kier alpha value is -1.35. The number of amides is 1. The molecular formula is C17H26N2O. The maximum atomic E-state index is 12.7. The Morgan fingerprint density at radius 1 is 1.30 bits per heavy atom. The largest absolute Gasteiger partial charge is 0.315 e. The van der Waals surface area contributed by atoms with Crippen molar-refractivity contribution in [1.29, 1.82) is 0 Å². The molecular weight excluding hydrogens is 248 g/mol. The molecule has 1 aliphatic heterocycles. The van der Waals surface area contributed by atoms with Crippen molar-refractivity contribution in [3.63, 3.8) is 0 Å². The fraction of sp³-hybridized carbons (Fsp3) is 0.588. The number of carbonyl (C=O) groups excluding carboxylic acids is 1. The van der Waals surface area contributed by atoms with Crippen LogP contribution in [-0.2, 0) is 10.2 Å². The van der Waals surface area contributed by atoms with Gasteiger partial charge in [0.1, 0.15) is 0 Å². The van der Waals surface area contributed by atoms with Crippen LogP contribution in [0.1, 0.15) is 39.7 Å². The first-order valence-electron chi connectivity index (χ1n) is 7.52. The predicted molar refractivity (Wildman–Crippen MR) is 84.1 cm³/mol. The summed E-state index contributed by atoms with van der Waals surface area (Å²) in [5, 5.41) is 3.36. The van der Waals surface area contributed by atoms with Crippen LogP contribution < -0.4 is 10.2 Å². The molecule has 0 aliphatic carbocycles. The van der Waals surface area contributed by atoms with Gasteiger partial charge in [-0.15, -0.1) is 0 Å². The second-order valence-corrected chi connectivity index (χ2v) is 6.34. The lowest BCUT2D eigenvalue weighted by Gasteiger charge is -2.29. The van der Waals surface area contributed by atoms with Crippen LogP contribution in [0.5, 0.6) is 0 Å². The summed E-state index contributed by atoms with van der Waals surface area (Å²) < 4.78 is 0. The van der Waals surface area contributed by atoms with Crippen LogP contribution in [0.15, 0.2) is 24.3 Å². The first kappa shape index (κ1) is 15.0. The first-order valence-corrected chi connectivity index (χ1v) is 7.52. The highest BCUT2D eigenvalue weighted by molar-refractivity contribution is 6.07. The van der Waals surface area contributed by atoms with Gasteiger partial charge in [0.25, 0.3) is 0 Å². The zero-order valence-electron chi connectivity index (χ0n) is 13.2. The molecule has 1 heterocycles. The average Bonchev–Trinajstić information content (AvgIpc) is 2.65. The maximum Gasteiger partial charge on any atom is 0.237 e. The zero-order valence-corrected chi connectivity index (χ0v) is 13.2. The fourth-order valence-electron chi connectivity index (χ4n) is 3.02. The van der Waals surface area contributed by atoms with Crippen LogP contribution >= 0.6 is 0 Å². The second kappa shape index (κ2) is 5.57. The molecule has 110 valence electrons. The Kier molecular flexibility index (Phi) is 4.19. The molecule has 3 nitrogen and oxygen atoms in total. The summed E-state index contributed by atoms with van der Waals surface area (Å²) in [4.78, 5) is 14.7. The molecule has 0 radical (unpaired) electrons. The van der Waals surface area contributed by atoms with Crippen molar-refractivity contribution >= 4 is 11.6 Å². The number of hydrogen-bond acceptors (Lipinski definition) is 2. The van der Waals surface area contributed by atoms with E-state index in [4.69, 9.17) is 0 Å². The van der Waals surface area contributed by atoms with E-state index < -0.39 is 5.41 Å².